The van der Waals surface area contributed by atoms with Gasteiger partial charge in [-0.05, 0) is 24.3 Å². The van der Waals surface area contributed by atoms with Crippen LogP contribution in [0, 0.1) is 0 Å². The Bertz CT molecular complexity index is 425. The van der Waals surface area contributed by atoms with Crippen LogP contribution in [0.15, 0.2) is 48.8 Å². The van der Waals surface area contributed by atoms with Crippen LogP contribution < -0.4 is 10.6 Å². The van der Waals surface area contributed by atoms with Crippen LogP contribution >= 0.6 is 0 Å². The normalized spacial score (nSPS) is 8.44. The molecule has 0 saturated carbocycles. The number of rotatable bonds is 4. The molecule has 18 heavy (non-hydrogen) atoms. The van der Waals surface area contributed by atoms with Crippen molar-refractivity contribution in [1.82, 2.24) is 9.97 Å². The van der Waals surface area contributed by atoms with Gasteiger partial charge in [-0.3, -0.25) is 14.6 Å². The Kier molecular flexibility index (Phi) is 6.21. The monoisotopic (exact) mass is 244 g/mol. The highest BCUT2D eigenvalue weighted by Gasteiger charge is 1.93. The van der Waals surface area contributed by atoms with Gasteiger partial charge in [0.2, 0.25) is 12.8 Å². The standard InChI is InChI=1S/C7H7N3O2.C5H5N/c11-4-8-6-2-1-3-7(10-6)9-5-12;1-2-4-6-5-3-1/h1-5H,(H2,8,9,10,11,12);1-5H. The highest BCUT2D eigenvalue weighted by Crippen LogP contribution is 2.06. The lowest BCUT2D eigenvalue weighted by atomic mass is 10.4. The van der Waals surface area contributed by atoms with Gasteiger partial charge in [0, 0.05) is 12.4 Å². The van der Waals surface area contributed by atoms with E-state index in [0.29, 0.717) is 24.5 Å². The van der Waals surface area contributed by atoms with E-state index in [2.05, 4.69) is 20.6 Å². The molecule has 2 N–H and O–H groups in total. The van der Waals surface area contributed by atoms with Crippen molar-refractivity contribution in [3.05, 3.63) is 48.8 Å². The molecule has 6 nitrogen and oxygen atoms in total. The minimum Gasteiger partial charge on any atom is -0.313 e. The van der Waals surface area contributed by atoms with E-state index in [4.69, 9.17) is 0 Å². The summed E-state index contributed by atoms with van der Waals surface area (Å²) in [6.45, 7) is 0. The molecular weight excluding hydrogens is 232 g/mol. The summed E-state index contributed by atoms with van der Waals surface area (Å²) in [6.07, 6.45) is 4.54. The summed E-state index contributed by atoms with van der Waals surface area (Å²) < 4.78 is 0. The van der Waals surface area contributed by atoms with Crippen molar-refractivity contribution < 1.29 is 9.59 Å². The number of carbonyl (C=O) groups is 2. The fraction of sp³-hybridized carbons (Fsp3) is 0. The van der Waals surface area contributed by atoms with E-state index in [1.807, 2.05) is 18.2 Å². The number of carbonyl (C=O) groups excluding carboxylic acids is 2. The van der Waals surface area contributed by atoms with Crippen LogP contribution in [0.25, 0.3) is 0 Å². The summed E-state index contributed by atoms with van der Waals surface area (Å²) >= 11 is 0. The molecule has 6 heteroatoms. The van der Waals surface area contributed by atoms with Crippen molar-refractivity contribution in [3.63, 3.8) is 0 Å². The number of anilines is 2. The zero-order chi connectivity index (χ0) is 13.1. The Balaban J connectivity index is 0.000000225. The summed E-state index contributed by atoms with van der Waals surface area (Å²) in [5.74, 6) is 0.800. The maximum atomic E-state index is 10.0. The van der Waals surface area contributed by atoms with Gasteiger partial charge >= 0.3 is 0 Å². The second kappa shape index (κ2) is 8.40. The van der Waals surface area contributed by atoms with Crippen molar-refractivity contribution >= 4 is 24.5 Å². The largest absolute Gasteiger partial charge is 0.313 e. The third-order valence-corrected chi connectivity index (χ3v) is 1.73. The first-order valence-electron chi connectivity index (χ1n) is 5.09. The third-order valence-electron chi connectivity index (χ3n) is 1.73. The van der Waals surface area contributed by atoms with E-state index >= 15 is 0 Å². The molecule has 0 bridgehead atoms. The van der Waals surface area contributed by atoms with Gasteiger partial charge in [0.25, 0.3) is 0 Å². The molecule has 92 valence electrons. The second-order valence-electron chi connectivity index (χ2n) is 2.96. The Labute approximate surface area is 104 Å². The molecule has 2 heterocycles. The lowest BCUT2D eigenvalue weighted by Gasteiger charge is -1.99. The smallest absolute Gasteiger partial charge is 0.212 e. The number of nitrogens with zero attached hydrogens (tertiary/aromatic N) is 2. The maximum Gasteiger partial charge on any atom is 0.212 e. The number of nitrogens with one attached hydrogen (secondary N) is 2. The summed E-state index contributed by atoms with van der Waals surface area (Å²) in [4.78, 5) is 27.7. The van der Waals surface area contributed by atoms with E-state index < -0.39 is 0 Å². The second-order valence-corrected chi connectivity index (χ2v) is 2.96. The van der Waals surface area contributed by atoms with E-state index in [9.17, 15) is 9.59 Å². The number of pyridine rings is 2. The molecule has 0 aliphatic carbocycles. The number of aromatic nitrogens is 2. The lowest BCUT2D eigenvalue weighted by Crippen LogP contribution is -2.01. The van der Waals surface area contributed by atoms with Gasteiger partial charge in [0.1, 0.15) is 11.6 Å². The molecule has 0 aromatic carbocycles. The van der Waals surface area contributed by atoms with Crippen molar-refractivity contribution in [1.29, 1.82) is 0 Å². The van der Waals surface area contributed by atoms with Crippen molar-refractivity contribution in [2.24, 2.45) is 0 Å². The lowest BCUT2D eigenvalue weighted by molar-refractivity contribution is -0.106. The van der Waals surface area contributed by atoms with Crippen LogP contribution in [0.2, 0.25) is 0 Å². The van der Waals surface area contributed by atoms with Crippen LogP contribution in [0.5, 0.6) is 0 Å². The van der Waals surface area contributed by atoms with Gasteiger partial charge < -0.3 is 10.6 Å². The Hall–Kier alpha value is -2.76. The summed E-state index contributed by atoms with van der Waals surface area (Å²) in [5.41, 5.74) is 0. The molecule has 2 rings (SSSR count). The van der Waals surface area contributed by atoms with Gasteiger partial charge in [-0.2, -0.15) is 0 Å². The quantitative estimate of drug-likeness (QED) is 0.794. The molecule has 0 unspecified atom stereocenters. The molecule has 0 aliphatic heterocycles. The summed E-state index contributed by atoms with van der Waals surface area (Å²) in [5, 5.41) is 4.72. The fourth-order valence-corrected chi connectivity index (χ4v) is 1.03. The van der Waals surface area contributed by atoms with Crippen LogP contribution in [0.1, 0.15) is 0 Å². The van der Waals surface area contributed by atoms with Crippen molar-refractivity contribution in [3.8, 4) is 0 Å². The van der Waals surface area contributed by atoms with E-state index in [1.54, 1.807) is 30.6 Å². The number of amides is 2. The molecule has 2 amide bonds. The molecule has 0 aliphatic rings. The Morgan fingerprint density at radius 2 is 1.39 bits per heavy atom. The first-order chi connectivity index (χ1) is 8.86. The fourth-order valence-electron chi connectivity index (χ4n) is 1.03. The van der Waals surface area contributed by atoms with Crippen LogP contribution in [-0.4, -0.2) is 22.8 Å². The highest BCUT2D eigenvalue weighted by molar-refractivity contribution is 5.72. The minimum absolute atomic E-state index is 0.400. The average molecular weight is 244 g/mol. The van der Waals surface area contributed by atoms with Crippen LogP contribution in [0.3, 0.4) is 0 Å². The van der Waals surface area contributed by atoms with Crippen molar-refractivity contribution in [2.45, 2.75) is 0 Å². The van der Waals surface area contributed by atoms with Crippen LogP contribution in [-0.2, 0) is 9.59 Å². The zero-order valence-electron chi connectivity index (χ0n) is 9.48. The summed E-state index contributed by atoms with van der Waals surface area (Å²) in [6, 6.07) is 10.6. The molecule has 0 spiro atoms. The number of hydrogen-bond acceptors (Lipinski definition) is 4. The minimum atomic E-state index is 0.400. The van der Waals surface area contributed by atoms with E-state index in [1.165, 1.54) is 0 Å². The number of hydrogen-bond donors (Lipinski definition) is 2. The highest BCUT2D eigenvalue weighted by atomic mass is 16.1. The third kappa shape index (κ3) is 5.36. The van der Waals surface area contributed by atoms with Gasteiger partial charge in [-0.25, -0.2) is 4.98 Å². The maximum absolute atomic E-state index is 10.0. The molecule has 0 fully saturated rings. The SMILES string of the molecule is O=CNc1cccc(NC=O)n1.c1ccncc1. The van der Waals surface area contributed by atoms with E-state index in [-0.39, 0.29) is 0 Å². The van der Waals surface area contributed by atoms with E-state index in [0.717, 1.165) is 0 Å². The van der Waals surface area contributed by atoms with Crippen LogP contribution in [0.4, 0.5) is 11.6 Å². The molecular formula is C12H12N4O2. The first-order valence-corrected chi connectivity index (χ1v) is 5.09. The molecule has 2 aromatic heterocycles. The molecule has 2 aromatic rings. The zero-order valence-corrected chi connectivity index (χ0v) is 9.48. The molecule has 0 radical (unpaired) electrons. The Morgan fingerprint density at radius 3 is 1.72 bits per heavy atom. The topological polar surface area (TPSA) is 84.0 Å². The molecule has 0 saturated heterocycles. The average Bonchev–Trinajstić information content (AvgIpc) is 2.43. The van der Waals surface area contributed by atoms with Crippen molar-refractivity contribution in [2.75, 3.05) is 10.6 Å². The van der Waals surface area contributed by atoms with Gasteiger partial charge in [-0.1, -0.05) is 12.1 Å². The van der Waals surface area contributed by atoms with Gasteiger partial charge in [-0.15, -0.1) is 0 Å². The first kappa shape index (κ1) is 13.3. The summed E-state index contributed by atoms with van der Waals surface area (Å²) in [7, 11) is 0. The Morgan fingerprint density at radius 1 is 0.833 bits per heavy atom. The van der Waals surface area contributed by atoms with Gasteiger partial charge in [0.05, 0.1) is 0 Å². The van der Waals surface area contributed by atoms with Gasteiger partial charge in [0.15, 0.2) is 0 Å². The predicted octanol–water partition coefficient (Wildman–Crippen LogP) is 1.30. The predicted molar refractivity (Wildman–Crippen MR) is 67.8 cm³/mol. The molecule has 0 atom stereocenters.